The van der Waals surface area contributed by atoms with Crippen LogP contribution in [0.2, 0.25) is 0 Å². The van der Waals surface area contributed by atoms with Crippen molar-refractivity contribution in [1.82, 2.24) is 0 Å². The van der Waals surface area contributed by atoms with Gasteiger partial charge in [0.2, 0.25) is 0 Å². The number of benzene rings is 2. The van der Waals surface area contributed by atoms with Gasteiger partial charge >= 0.3 is 0 Å². The zero-order chi connectivity index (χ0) is 11.4. The minimum Gasteiger partial charge on any atom is -0.399 e. The smallest absolute Gasteiger partial charge is 0.0367 e. The second kappa shape index (κ2) is 4.71. The monoisotopic (exact) mass is 212 g/mol. The normalized spacial score (nSPS) is 10.2. The number of anilines is 2. The number of rotatable bonds is 3. The standard InChI is InChI=1S/C14H16N2/c15-13-9-8-12(14(16)10-13)7-6-11-4-2-1-3-5-11/h1-5,8-10H,6-7,15-16H2. The van der Waals surface area contributed by atoms with E-state index < -0.39 is 0 Å². The molecule has 16 heavy (non-hydrogen) atoms. The first-order chi connectivity index (χ1) is 7.75. The first-order valence-corrected chi connectivity index (χ1v) is 5.43. The zero-order valence-corrected chi connectivity index (χ0v) is 9.19. The van der Waals surface area contributed by atoms with Crippen molar-refractivity contribution in [3.8, 4) is 0 Å². The molecule has 0 saturated heterocycles. The second-order valence-electron chi connectivity index (χ2n) is 3.94. The molecule has 0 spiro atoms. The van der Waals surface area contributed by atoms with Gasteiger partial charge < -0.3 is 11.5 Å². The number of hydrogen-bond acceptors (Lipinski definition) is 2. The van der Waals surface area contributed by atoms with E-state index >= 15 is 0 Å². The number of hydrogen-bond donors (Lipinski definition) is 2. The molecule has 0 fully saturated rings. The highest BCUT2D eigenvalue weighted by Gasteiger charge is 2.00. The topological polar surface area (TPSA) is 52.0 Å². The van der Waals surface area contributed by atoms with Crippen molar-refractivity contribution < 1.29 is 0 Å². The maximum atomic E-state index is 5.91. The van der Waals surface area contributed by atoms with Crippen LogP contribution < -0.4 is 11.5 Å². The SMILES string of the molecule is Nc1ccc(CCc2ccccc2)c(N)c1. The van der Waals surface area contributed by atoms with Gasteiger partial charge in [-0.25, -0.2) is 0 Å². The molecule has 0 aromatic heterocycles. The van der Waals surface area contributed by atoms with Crippen molar-refractivity contribution >= 4 is 11.4 Å². The first kappa shape index (κ1) is 10.6. The Labute approximate surface area is 95.9 Å². The molecular formula is C14H16N2. The van der Waals surface area contributed by atoms with Gasteiger partial charge in [-0.1, -0.05) is 36.4 Å². The van der Waals surface area contributed by atoms with E-state index in [0.29, 0.717) is 0 Å². The van der Waals surface area contributed by atoms with Crippen LogP contribution in [0.5, 0.6) is 0 Å². The van der Waals surface area contributed by atoms with Crippen molar-refractivity contribution in [3.63, 3.8) is 0 Å². The van der Waals surface area contributed by atoms with Crippen LogP contribution >= 0.6 is 0 Å². The van der Waals surface area contributed by atoms with Crippen LogP contribution in [0.3, 0.4) is 0 Å². The largest absolute Gasteiger partial charge is 0.399 e. The summed E-state index contributed by atoms with van der Waals surface area (Å²) in [5.74, 6) is 0. The van der Waals surface area contributed by atoms with Crippen molar-refractivity contribution in [2.24, 2.45) is 0 Å². The number of nitrogens with two attached hydrogens (primary N) is 2. The highest BCUT2D eigenvalue weighted by molar-refractivity contribution is 5.56. The van der Waals surface area contributed by atoms with E-state index in [1.165, 1.54) is 5.56 Å². The van der Waals surface area contributed by atoms with Crippen LogP contribution in [0.25, 0.3) is 0 Å². The third-order valence-electron chi connectivity index (χ3n) is 2.70. The Morgan fingerprint density at radius 3 is 2.25 bits per heavy atom. The predicted molar refractivity (Wildman–Crippen MR) is 69.1 cm³/mol. The Bertz CT molecular complexity index is 463. The lowest BCUT2D eigenvalue weighted by Gasteiger charge is -2.06. The maximum Gasteiger partial charge on any atom is 0.0367 e. The molecule has 0 atom stereocenters. The Kier molecular flexibility index (Phi) is 3.10. The highest BCUT2D eigenvalue weighted by Crippen LogP contribution is 2.17. The molecule has 0 aliphatic carbocycles. The molecule has 2 aromatic rings. The van der Waals surface area contributed by atoms with Crippen molar-refractivity contribution in [1.29, 1.82) is 0 Å². The molecule has 2 nitrogen and oxygen atoms in total. The minimum atomic E-state index is 0.723. The molecule has 0 amide bonds. The highest BCUT2D eigenvalue weighted by atomic mass is 14.6. The van der Waals surface area contributed by atoms with Gasteiger partial charge in [0.05, 0.1) is 0 Å². The van der Waals surface area contributed by atoms with Gasteiger partial charge in [0, 0.05) is 11.4 Å². The van der Waals surface area contributed by atoms with Gasteiger partial charge in [-0.3, -0.25) is 0 Å². The number of nitrogen functional groups attached to an aromatic ring is 2. The summed E-state index contributed by atoms with van der Waals surface area (Å²) in [6, 6.07) is 16.1. The molecule has 2 aromatic carbocycles. The Morgan fingerprint density at radius 1 is 0.812 bits per heavy atom. The third-order valence-corrected chi connectivity index (χ3v) is 2.70. The molecule has 82 valence electrons. The molecule has 0 heterocycles. The van der Waals surface area contributed by atoms with Crippen LogP contribution in [0.1, 0.15) is 11.1 Å². The lowest BCUT2D eigenvalue weighted by molar-refractivity contribution is 0.963. The summed E-state index contributed by atoms with van der Waals surface area (Å²) in [5.41, 5.74) is 15.6. The van der Waals surface area contributed by atoms with Crippen molar-refractivity contribution in [2.45, 2.75) is 12.8 Å². The Balaban J connectivity index is 2.05. The lowest BCUT2D eigenvalue weighted by Crippen LogP contribution is -1.98. The molecule has 0 bridgehead atoms. The molecule has 0 aliphatic rings. The summed E-state index contributed by atoms with van der Waals surface area (Å²) >= 11 is 0. The molecule has 0 saturated carbocycles. The first-order valence-electron chi connectivity index (χ1n) is 5.43. The average molecular weight is 212 g/mol. The zero-order valence-electron chi connectivity index (χ0n) is 9.19. The molecule has 0 aliphatic heterocycles. The van der Waals surface area contributed by atoms with Crippen LogP contribution in [-0.4, -0.2) is 0 Å². The van der Waals surface area contributed by atoms with Gasteiger partial charge in [0.25, 0.3) is 0 Å². The van der Waals surface area contributed by atoms with E-state index in [-0.39, 0.29) is 0 Å². The fourth-order valence-electron chi connectivity index (χ4n) is 1.76. The summed E-state index contributed by atoms with van der Waals surface area (Å²) in [6.45, 7) is 0. The molecule has 2 heteroatoms. The average Bonchev–Trinajstić information content (AvgIpc) is 2.29. The van der Waals surface area contributed by atoms with Crippen molar-refractivity contribution in [3.05, 3.63) is 59.7 Å². The van der Waals surface area contributed by atoms with Crippen LogP contribution in [0, 0.1) is 0 Å². The Hall–Kier alpha value is -1.96. The molecule has 0 unspecified atom stereocenters. The summed E-state index contributed by atoms with van der Waals surface area (Å²) in [4.78, 5) is 0. The van der Waals surface area contributed by atoms with E-state index in [1.807, 2.05) is 24.3 Å². The van der Waals surface area contributed by atoms with Gasteiger partial charge in [0.1, 0.15) is 0 Å². The number of aryl methyl sites for hydroxylation is 2. The van der Waals surface area contributed by atoms with E-state index in [2.05, 4.69) is 24.3 Å². The van der Waals surface area contributed by atoms with Crippen LogP contribution in [0.4, 0.5) is 11.4 Å². The van der Waals surface area contributed by atoms with Gasteiger partial charge in [-0.05, 0) is 36.1 Å². The Morgan fingerprint density at radius 2 is 1.56 bits per heavy atom. The molecule has 2 rings (SSSR count). The molecule has 0 radical (unpaired) electrons. The van der Waals surface area contributed by atoms with Gasteiger partial charge in [-0.2, -0.15) is 0 Å². The third kappa shape index (κ3) is 2.54. The fraction of sp³-hybridized carbons (Fsp3) is 0.143. The quantitative estimate of drug-likeness (QED) is 0.768. The lowest BCUT2D eigenvalue weighted by atomic mass is 10.0. The van der Waals surface area contributed by atoms with Crippen LogP contribution in [0.15, 0.2) is 48.5 Å². The van der Waals surface area contributed by atoms with E-state index in [1.54, 1.807) is 0 Å². The van der Waals surface area contributed by atoms with Gasteiger partial charge in [0.15, 0.2) is 0 Å². The molecule has 4 N–H and O–H groups in total. The summed E-state index contributed by atoms with van der Waals surface area (Å²) in [5, 5.41) is 0. The van der Waals surface area contributed by atoms with E-state index in [9.17, 15) is 0 Å². The second-order valence-corrected chi connectivity index (χ2v) is 3.94. The minimum absolute atomic E-state index is 0.723. The fourth-order valence-corrected chi connectivity index (χ4v) is 1.76. The molecular weight excluding hydrogens is 196 g/mol. The summed E-state index contributed by atoms with van der Waals surface area (Å²) in [6.07, 6.45) is 1.96. The predicted octanol–water partition coefficient (Wildman–Crippen LogP) is 2.64. The van der Waals surface area contributed by atoms with Crippen LogP contribution in [-0.2, 0) is 12.8 Å². The van der Waals surface area contributed by atoms with E-state index in [4.69, 9.17) is 11.5 Å². The van der Waals surface area contributed by atoms with E-state index in [0.717, 1.165) is 29.8 Å². The summed E-state index contributed by atoms with van der Waals surface area (Å²) < 4.78 is 0. The van der Waals surface area contributed by atoms with Crippen molar-refractivity contribution in [2.75, 3.05) is 11.5 Å². The van der Waals surface area contributed by atoms with Gasteiger partial charge in [-0.15, -0.1) is 0 Å². The summed E-state index contributed by atoms with van der Waals surface area (Å²) in [7, 11) is 0. The maximum absolute atomic E-state index is 5.91.